The molecule has 2 heterocycles. The Morgan fingerprint density at radius 2 is 1.90 bits per heavy atom. The van der Waals surface area contributed by atoms with Gasteiger partial charge in [-0.2, -0.15) is 0 Å². The largest absolute Gasteiger partial charge is 0.353 e. The predicted octanol–water partition coefficient (Wildman–Crippen LogP) is 1.60. The highest BCUT2D eigenvalue weighted by Gasteiger charge is 2.09. The molecule has 5 nitrogen and oxygen atoms in total. The van der Waals surface area contributed by atoms with Crippen molar-refractivity contribution < 1.29 is 4.79 Å². The van der Waals surface area contributed by atoms with Crippen LogP contribution in [0.5, 0.6) is 0 Å². The molecule has 1 aliphatic heterocycles. The van der Waals surface area contributed by atoms with Gasteiger partial charge in [-0.05, 0) is 47.9 Å². The summed E-state index contributed by atoms with van der Waals surface area (Å²) in [5, 5.41) is 2.89. The van der Waals surface area contributed by atoms with Gasteiger partial charge in [-0.1, -0.05) is 12.8 Å². The summed E-state index contributed by atoms with van der Waals surface area (Å²) in [6.07, 6.45) is 6.77. The Labute approximate surface area is 133 Å². The van der Waals surface area contributed by atoms with E-state index in [-0.39, 0.29) is 18.0 Å². The Balaban J connectivity index is 1.74. The maximum Gasteiger partial charge on any atom is 0.251 e. The van der Waals surface area contributed by atoms with Crippen molar-refractivity contribution in [1.82, 2.24) is 14.8 Å². The molecule has 1 aromatic heterocycles. The number of rotatable bonds is 5. The smallest absolute Gasteiger partial charge is 0.251 e. The lowest BCUT2D eigenvalue weighted by Gasteiger charge is -2.19. The molecule has 0 aliphatic carbocycles. The molecular weight excluding hydrogens is 334 g/mol. The van der Waals surface area contributed by atoms with Crippen LogP contribution in [-0.2, 0) is 11.3 Å². The number of pyridine rings is 1. The Morgan fingerprint density at radius 3 is 2.62 bits per heavy atom. The molecule has 0 saturated carbocycles. The van der Waals surface area contributed by atoms with E-state index in [4.69, 9.17) is 0 Å². The van der Waals surface area contributed by atoms with Crippen LogP contribution in [0.2, 0.25) is 0 Å². The minimum Gasteiger partial charge on any atom is -0.353 e. The predicted molar refractivity (Wildman–Crippen MR) is 86.3 cm³/mol. The molecule has 1 saturated heterocycles. The number of nitrogens with one attached hydrogen (secondary N) is 1. The Kier molecular flexibility index (Phi) is 6.45. The van der Waals surface area contributed by atoms with Gasteiger partial charge in [0.05, 0.1) is 0 Å². The van der Waals surface area contributed by atoms with Gasteiger partial charge in [0.15, 0.2) is 0 Å². The molecule has 1 N–H and O–H groups in total. The number of nitrogens with zero attached hydrogens (tertiary/aromatic N) is 2. The van der Waals surface area contributed by atoms with Crippen molar-refractivity contribution in [1.29, 1.82) is 0 Å². The number of hydrogen-bond donors (Lipinski definition) is 1. The summed E-state index contributed by atoms with van der Waals surface area (Å²) in [7, 11) is 0. The number of hydrogen-bond acceptors (Lipinski definition) is 3. The fraction of sp³-hybridized carbons (Fsp3) is 0.600. The number of aromatic nitrogens is 1. The van der Waals surface area contributed by atoms with E-state index < -0.39 is 0 Å². The van der Waals surface area contributed by atoms with Crippen LogP contribution in [0.3, 0.4) is 0 Å². The van der Waals surface area contributed by atoms with Gasteiger partial charge < -0.3 is 14.8 Å². The normalized spacial score (nSPS) is 16.4. The molecule has 0 radical (unpaired) electrons. The van der Waals surface area contributed by atoms with Crippen LogP contribution in [0.1, 0.15) is 25.7 Å². The third-order valence-electron chi connectivity index (χ3n) is 3.71. The van der Waals surface area contributed by atoms with E-state index in [2.05, 4.69) is 26.1 Å². The Morgan fingerprint density at radius 1 is 1.19 bits per heavy atom. The van der Waals surface area contributed by atoms with Gasteiger partial charge in [0.1, 0.15) is 6.54 Å². The first kappa shape index (κ1) is 16.2. The van der Waals surface area contributed by atoms with Crippen molar-refractivity contribution in [3.63, 3.8) is 0 Å². The maximum absolute atomic E-state index is 11.9. The number of likely N-dealkylation sites (tertiary alicyclic amines) is 1. The third kappa shape index (κ3) is 5.63. The molecule has 21 heavy (non-hydrogen) atoms. The van der Waals surface area contributed by atoms with Crippen LogP contribution < -0.4 is 10.9 Å². The van der Waals surface area contributed by atoms with E-state index >= 15 is 0 Å². The minimum absolute atomic E-state index is 0.0677. The second-order valence-electron chi connectivity index (χ2n) is 5.42. The number of halogens is 1. The molecule has 0 unspecified atom stereocenters. The first-order valence-electron chi connectivity index (χ1n) is 7.50. The third-order valence-corrected chi connectivity index (χ3v) is 4.18. The van der Waals surface area contributed by atoms with Crippen molar-refractivity contribution in [3.8, 4) is 0 Å². The van der Waals surface area contributed by atoms with Crippen LogP contribution >= 0.6 is 15.9 Å². The second-order valence-corrected chi connectivity index (χ2v) is 6.33. The van der Waals surface area contributed by atoms with E-state index in [0.717, 1.165) is 24.1 Å². The molecule has 0 atom stereocenters. The van der Waals surface area contributed by atoms with E-state index in [1.165, 1.54) is 36.3 Å². The van der Waals surface area contributed by atoms with Gasteiger partial charge >= 0.3 is 0 Å². The van der Waals surface area contributed by atoms with Crippen molar-refractivity contribution >= 4 is 21.8 Å². The average Bonchev–Trinajstić information content (AvgIpc) is 2.72. The lowest BCUT2D eigenvalue weighted by Crippen LogP contribution is -2.38. The monoisotopic (exact) mass is 355 g/mol. The van der Waals surface area contributed by atoms with Gasteiger partial charge in [0, 0.05) is 29.8 Å². The van der Waals surface area contributed by atoms with Crippen LogP contribution in [0.4, 0.5) is 0 Å². The first-order valence-corrected chi connectivity index (χ1v) is 8.29. The summed E-state index contributed by atoms with van der Waals surface area (Å²) < 4.78 is 2.20. The molecule has 0 bridgehead atoms. The fourth-order valence-electron chi connectivity index (χ4n) is 2.55. The van der Waals surface area contributed by atoms with Gasteiger partial charge in [0.2, 0.25) is 5.91 Å². The number of carbonyl (C=O) groups is 1. The highest BCUT2D eigenvalue weighted by atomic mass is 79.9. The van der Waals surface area contributed by atoms with Crippen molar-refractivity contribution in [2.24, 2.45) is 0 Å². The highest BCUT2D eigenvalue weighted by molar-refractivity contribution is 9.10. The summed E-state index contributed by atoms with van der Waals surface area (Å²) >= 11 is 3.30. The van der Waals surface area contributed by atoms with Gasteiger partial charge in [-0.15, -0.1) is 0 Å². The molecule has 1 amide bonds. The summed E-state index contributed by atoms with van der Waals surface area (Å²) in [4.78, 5) is 25.9. The quantitative estimate of drug-likeness (QED) is 0.872. The van der Waals surface area contributed by atoms with Crippen LogP contribution in [0.25, 0.3) is 0 Å². The summed E-state index contributed by atoms with van der Waals surface area (Å²) in [5.41, 5.74) is -0.166. The molecule has 1 aromatic rings. The van der Waals surface area contributed by atoms with Gasteiger partial charge in [-0.25, -0.2) is 0 Å². The molecule has 1 aliphatic rings. The molecule has 1 fully saturated rings. The SMILES string of the molecule is O=C(Cn1cc(Br)ccc1=O)NCCN1CCCCCC1. The topological polar surface area (TPSA) is 54.3 Å². The zero-order chi connectivity index (χ0) is 15.1. The van der Waals surface area contributed by atoms with Crippen molar-refractivity contribution in [2.75, 3.05) is 26.2 Å². The fourth-order valence-corrected chi connectivity index (χ4v) is 2.93. The highest BCUT2D eigenvalue weighted by Crippen LogP contribution is 2.08. The van der Waals surface area contributed by atoms with Crippen molar-refractivity contribution in [3.05, 3.63) is 33.2 Å². The summed E-state index contributed by atoms with van der Waals surface area (Å²) in [6.45, 7) is 3.85. The minimum atomic E-state index is -0.166. The first-order chi connectivity index (χ1) is 10.1. The van der Waals surface area contributed by atoms with E-state index in [1.54, 1.807) is 12.3 Å². The Hall–Kier alpha value is -1.14. The molecule has 116 valence electrons. The van der Waals surface area contributed by atoms with Gasteiger partial charge in [-0.3, -0.25) is 9.59 Å². The lowest BCUT2D eigenvalue weighted by atomic mass is 10.2. The average molecular weight is 356 g/mol. The molecule has 0 aromatic carbocycles. The molecule has 6 heteroatoms. The van der Waals surface area contributed by atoms with Crippen LogP contribution in [0, 0.1) is 0 Å². The van der Waals surface area contributed by atoms with Gasteiger partial charge in [0.25, 0.3) is 5.56 Å². The zero-order valence-corrected chi connectivity index (χ0v) is 13.8. The summed E-state index contributed by atoms with van der Waals surface area (Å²) in [5.74, 6) is -0.120. The lowest BCUT2D eigenvalue weighted by molar-refractivity contribution is -0.121. The number of carbonyl (C=O) groups excluding carboxylic acids is 1. The van der Waals surface area contributed by atoms with Crippen molar-refractivity contribution in [2.45, 2.75) is 32.2 Å². The van der Waals surface area contributed by atoms with E-state index in [0.29, 0.717) is 6.54 Å². The van der Waals surface area contributed by atoms with Crippen LogP contribution in [-0.4, -0.2) is 41.6 Å². The zero-order valence-electron chi connectivity index (χ0n) is 12.2. The van der Waals surface area contributed by atoms with E-state index in [9.17, 15) is 9.59 Å². The standard InChI is InChI=1S/C15H22BrN3O2/c16-13-5-6-15(21)19(11-13)12-14(20)17-7-10-18-8-3-1-2-4-9-18/h5-6,11H,1-4,7-10,12H2,(H,17,20). The summed E-state index contributed by atoms with van der Waals surface area (Å²) in [6, 6.07) is 3.13. The maximum atomic E-state index is 11.9. The Bertz CT molecular complexity index is 522. The number of amides is 1. The molecule has 2 rings (SSSR count). The molecule has 0 spiro atoms. The van der Waals surface area contributed by atoms with Crippen LogP contribution in [0.15, 0.2) is 27.6 Å². The molecular formula is C15H22BrN3O2. The second kappa shape index (κ2) is 8.34. The van der Waals surface area contributed by atoms with E-state index in [1.807, 2.05) is 0 Å².